The fraction of sp³-hybridized carbons (Fsp3) is 0.303. The van der Waals surface area contributed by atoms with E-state index in [0.29, 0.717) is 32.8 Å². The van der Waals surface area contributed by atoms with Gasteiger partial charge in [-0.25, -0.2) is 21.8 Å². The van der Waals surface area contributed by atoms with E-state index < -0.39 is 75.4 Å². The van der Waals surface area contributed by atoms with Gasteiger partial charge in [0.15, 0.2) is 5.82 Å². The first kappa shape index (κ1) is 34.7. The van der Waals surface area contributed by atoms with Crippen LogP contribution >= 0.6 is 11.6 Å². The number of anilines is 2. The number of carbonyl (C=O) groups excluding carboxylic acids is 1. The first-order valence-electron chi connectivity index (χ1n) is 15.4. The largest absolute Gasteiger partial charge is 0.397 e. The fourth-order valence-corrected chi connectivity index (χ4v) is 7.78. The number of nitrogens with one attached hydrogen (secondary N) is 2. The van der Waals surface area contributed by atoms with Crippen molar-refractivity contribution in [3.05, 3.63) is 87.5 Å². The lowest BCUT2D eigenvalue weighted by molar-refractivity contribution is -0.123. The van der Waals surface area contributed by atoms with Crippen LogP contribution in [0.15, 0.2) is 42.6 Å². The van der Waals surface area contributed by atoms with Crippen molar-refractivity contribution in [1.29, 1.82) is 0 Å². The van der Waals surface area contributed by atoms with Gasteiger partial charge in [-0.2, -0.15) is 19.0 Å². The minimum Gasteiger partial charge on any atom is -0.397 e. The Morgan fingerprint density at radius 3 is 2.51 bits per heavy atom. The van der Waals surface area contributed by atoms with Crippen LogP contribution in [0, 0.1) is 17.6 Å². The van der Waals surface area contributed by atoms with Gasteiger partial charge in [0, 0.05) is 51.7 Å². The highest BCUT2D eigenvalue weighted by molar-refractivity contribution is 8.00. The molecule has 0 aliphatic heterocycles. The molecule has 4 N–H and O–H groups in total. The average Bonchev–Trinajstić information content (AvgIpc) is 3.56. The van der Waals surface area contributed by atoms with Crippen LogP contribution in [0.1, 0.15) is 53.0 Å². The van der Waals surface area contributed by atoms with Crippen molar-refractivity contribution in [2.24, 2.45) is 13.0 Å². The Balaban J connectivity index is 1.33. The Morgan fingerprint density at radius 1 is 1.14 bits per heavy atom. The normalized spacial score (nSPS) is 19.1. The van der Waals surface area contributed by atoms with Crippen molar-refractivity contribution >= 4 is 55.5 Å². The molecule has 10 nitrogen and oxygen atoms in total. The SMILES string of the molecule is C=S(C)(=O)Nc1nn(C)c2c(-c3cc(N)cnc3[C@H](Cc3cc(F)cc(F)c3)NC(=O)Cn3nc(C(F)F)c4c3C(F)(F)[C@@H]3C[C@H]43)ccc(Cl)c12. The molecule has 0 spiro atoms. The van der Waals surface area contributed by atoms with E-state index in [2.05, 4.69) is 31.1 Å². The summed E-state index contributed by atoms with van der Waals surface area (Å²) in [5.41, 5.74) is 6.09. The number of alkyl halides is 4. The maximum Gasteiger partial charge on any atom is 0.293 e. The van der Waals surface area contributed by atoms with Gasteiger partial charge in [0.25, 0.3) is 12.3 Å². The van der Waals surface area contributed by atoms with Gasteiger partial charge >= 0.3 is 0 Å². The van der Waals surface area contributed by atoms with Gasteiger partial charge in [0.1, 0.15) is 29.6 Å². The number of nitrogens with two attached hydrogens (primary N) is 1. The van der Waals surface area contributed by atoms with E-state index in [0.717, 1.165) is 12.1 Å². The number of rotatable bonds is 10. The zero-order chi connectivity index (χ0) is 36.7. The summed E-state index contributed by atoms with van der Waals surface area (Å²) in [6.07, 6.45) is -0.660. The highest BCUT2D eigenvalue weighted by atomic mass is 35.5. The maximum atomic E-state index is 15.2. The van der Waals surface area contributed by atoms with Crippen LogP contribution in [0.5, 0.6) is 0 Å². The molecule has 1 unspecified atom stereocenters. The minimum atomic E-state index is -3.46. The van der Waals surface area contributed by atoms with Gasteiger partial charge in [-0.05, 0) is 54.5 Å². The van der Waals surface area contributed by atoms with Crippen LogP contribution in [0.4, 0.5) is 37.8 Å². The van der Waals surface area contributed by atoms with E-state index in [9.17, 15) is 26.6 Å². The molecule has 3 aromatic heterocycles. The molecule has 0 radical (unpaired) electrons. The summed E-state index contributed by atoms with van der Waals surface area (Å²) in [5.74, 6) is -4.26. The lowest BCUT2D eigenvalue weighted by Gasteiger charge is -2.23. The lowest BCUT2D eigenvalue weighted by atomic mass is 9.94. The Labute approximate surface area is 292 Å². The molecule has 2 aliphatic carbocycles. The van der Waals surface area contributed by atoms with E-state index in [1.54, 1.807) is 25.2 Å². The molecule has 4 atom stereocenters. The second-order valence-electron chi connectivity index (χ2n) is 12.9. The molecule has 18 heteroatoms. The van der Waals surface area contributed by atoms with Crippen LogP contribution < -0.4 is 15.8 Å². The molecule has 3 heterocycles. The Bertz CT molecular complexity index is 2340. The van der Waals surface area contributed by atoms with Gasteiger partial charge < -0.3 is 11.1 Å². The molecule has 2 aliphatic rings. The third-order valence-electron chi connectivity index (χ3n) is 8.97. The molecule has 5 aromatic rings. The molecule has 1 fully saturated rings. The molecule has 1 saturated carbocycles. The summed E-state index contributed by atoms with van der Waals surface area (Å²) in [6, 6.07) is 6.33. The number of hydrogen-bond donors (Lipinski definition) is 3. The van der Waals surface area contributed by atoms with E-state index in [-0.39, 0.29) is 46.2 Å². The summed E-state index contributed by atoms with van der Waals surface area (Å²) in [7, 11) is -1.19. The molecule has 51 heavy (non-hydrogen) atoms. The number of pyridine rings is 1. The zero-order valence-corrected chi connectivity index (χ0v) is 28.4. The Hall–Kier alpha value is -4.77. The first-order valence-corrected chi connectivity index (χ1v) is 18.0. The molecule has 0 saturated heterocycles. The average molecular weight is 751 g/mol. The topological polar surface area (TPSA) is 133 Å². The summed E-state index contributed by atoms with van der Waals surface area (Å²) in [6.45, 7) is -0.855. The molecular formula is C33H29ClF6N8O2S. The van der Waals surface area contributed by atoms with E-state index >= 15 is 8.78 Å². The van der Waals surface area contributed by atoms with Gasteiger partial charge in [0.2, 0.25) is 5.91 Å². The van der Waals surface area contributed by atoms with Crippen molar-refractivity contribution in [3.63, 3.8) is 0 Å². The second-order valence-corrected chi connectivity index (χ2v) is 15.5. The number of amides is 1. The van der Waals surface area contributed by atoms with Crippen LogP contribution in [0.3, 0.4) is 0 Å². The van der Waals surface area contributed by atoms with Crippen molar-refractivity contribution in [1.82, 2.24) is 29.9 Å². The van der Waals surface area contributed by atoms with Crippen molar-refractivity contribution in [3.8, 4) is 11.1 Å². The quantitative estimate of drug-likeness (QED) is 0.114. The number of halogens is 7. The first-order chi connectivity index (χ1) is 23.9. The number of aromatic nitrogens is 5. The number of benzene rings is 2. The number of nitrogen functional groups attached to an aromatic ring is 1. The third kappa shape index (κ3) is 6.26. The Kier molecular flexibility index (Phi) is 8.28. The molecule has 268 valence electrons. The van der Waals surface area contributed by atoms with Crippen LogP contribution in [0.2, 0.25) is 5.02 Å². The van der Waals surface area contributed by atoms with E-state index in [4.69, 9.17) is 17.3 Å². The van der Waals surface area contributed by atoms with Crippen molar-refractivity contribution in [2.75, 3.05) is 16.7 Å². The summed E-state index contributed by atoms with van der Waals surface area (Å²) in [5, 5.41) is 11.5. The third-order valence-corrected chi connectivity index (χ3v) is 9.91. The maximum absolute atomic E-state index is 15.2. The number of carbonyl (C=O) groups is 1. The minimum absolute atomic E-state index is 0.0499. The van der Waals surface area contributed by atoms with Gasteiger partial charge in [0.05, 0.1) is 39.5 Å². The molecule has 1 amide bonds. The van der Waals surface area contributed by atoms with Crippen LogP contribution in [-0.2, 0) is 40.4 Å². The summed E-state index contributed by atoms with van der Waals surface area (Å²) >= 11 is 6.59. The van der Waals surface area contributed by atoms with Gasteiger partial charge in [-0.3, -0.25) is 23.9 Å². The zero-order valence-electron chi connectivity index (χ0n) is 26.9. The molecular weight excluding hydrogens is 722 g/mol. The summed E-state index contributed by atoms with van der Waals surface area (Å²) < 4.78 is 104. The predicted octanol–water partition coefficient (Wildman–Crippen LogP) is 6.27. The molecule has 7 rings (SSSR count). The smallest absolute Gasteiger partial charge is 0.293 e. The fourth-order valence-electron chi connectivity index (χ4n) is 6.99. The highest BCUT2D eigenvalue weighted by Crippen LogP contribution is 2.68. The van der Waals surface area contributed by atoms with Crippen molar-refractivity contribution in [2.45, 2.75) is 43.7 Å². The Morgan fingerprint density at radius 2 is 1.84 bits per heavy atom. The van der Waals surface area contributed by atoms with E-state index in [1.165, 1.54) is 17.1 Å². The number of nitrogens with zero attached hydrogens (tertiary/aromatic N) is 5. The number of fused-ring (bicyclic) bond motifs is 4. The van der Waals surface area contributed by atoms with Gasteiger partial charge in [-0.15, -0.1) is 0 Å². The van der Waals surface area contributed by atoms with Crippen molar-refractivity contribution < 1.29 is 35.3 Å². The van der Waals surface area contributed by atoms with E-state index in [1.807, 2.05) is 0 Å². The lowest BCUT2D eigenvalue weighted by Crippen LogP contribution is -2.35. The standard InChI is InChI=1S/C33H29ClF6N8O2S/c1-47-29-18(4-5-22(34)26(29)32(45-47)46-51(2,3)50)19-10-17(41)12-42-27(19)23(8-14-6-15(35)9-16(36)7-14)43-24(49)13-48-30-25(28(44-48)31(37)38)20-11-21(20)33(30,39)40/h4-7,9-10,12,20-21,23,31H,2,8,11,13,41H2,1,3H3,(H,43,49)(H,45,46,50)/t20-,21+,23-,51?/m0/s1. The predicted molar refractivity (Wildman–Crippen MR) is 181 cm³/mol. The summed E-state index contributed by atoms with van der Waals surface area (Å²) in [4.78, 5) is 18.2. The molecule has 2 aromatic carbocycles. The van der Waals surface area contributed by atoms with Gasteiger partial charge in [-0.1, -0.05) is 17.7 Å². The number of hydrogen-bond acceptors (Lipinski definition) is 6. The second kappa shape index (κ2) is 12.2. The highest BCUT2D eigenvalue weighted by Gasteiger charge is 2.67. The van der Waals surface area contributed by atoms with Crippen LogP contribution in [-0.4, -0.2) is 46.8 Å². The van der Waals surface area contributed by atoms with Crippen LogP contribution in [0.25, 0.3) is 22.0 Å². The number of aryl methyl sites for hydroxylation is 1. The molecule has 0 bridgehead atoms. The monoisotopic (exact) mass is 750 g/mol.